The first-order chi connectivity index (χ1) is 7.54. The van der Waals surface area contributed by atoms with Crippen LogP contribution in [0, 0.1) is 5.92 Å². The van der Waals surface area contributed by atoms with Gasteiger partial charge in [-0.3, -0.25) is 4.79 Å². The van der Waals surface area contributed by atoms with E-state index in [1.165, 1.54) is 7.11 Å². The highest BCUT2D eigenvalue weighted by atomic mass is 16.5. The molecule has 0 aromatic heterocycles. The molecule has 3 atom stereocenters. The molecular formula is C10H18N2O4. The minimum absolute atomic E-state index is 0.00357. The molecule has 6 nitrogen and oxygen atoms in total. The molecule has 1 saturated carbocycles. The predicted molar refractivity (Wildman–Crippen MR) is 56.8 cm³/mol. The smallest absolute Gasteiger partial charge is 0.334 e. The number of hydrogen-bond donors (Lipinski definition) is 3. The van der Waals surface area contributed by atoms with E-state index in [2.05, 4.69) is 5.32 Å². The molecule has 6 heteroatoms. The van der Waals surface area contributed by atoms with E-state index in [1.54, 1.807) is 0 Å². The zero-order chi connectivity index (χ0) is 12.1. The molecule has 0 aromatic rings. The number of aliphatic carboxylic acids is 1. The number of carbonyl (C=O) groups is 2. The Labute approximate surface area is 94.1 Å². The number of nitrogens with one attached hydrogen (secondary N) is 1. The Kier molecular flexibility index (Phi) is 4.70. The Morgan fingerprint density at radius 3 is 2.69 bits per heavy atom. The monoisotopic (exact) mass is 230 g/mol. The van der Waals surface area contributed by atoms with E-state index in [0.29, 0.717) is 6.42 Å². The third-order valence-corrected chi connectivity index (χ3v) is 2.87. The third-order valence-electron chi connectivity index (χ3n) is 2.87. The highest BCUT2D eigenvalue weighted by Crippen LogP contribution is 2.23. The summed E-state index contributed by atoms with van der Waals surface area (Å²) in [6, 6.07) is 0.0912. The molecule has 4 N–H and O–H groups in total. The summed E-state index contributed by atoms with van der Waals surface area (Å²) in [6.07, 6.45) is 1.32. The Morgan fingerprint density at radius 1 is 1.56 bits per heavy atom. The molecule has 1 aliphatic carbocycles. The van der Waals surface area contributed by atoms with Gasteiger partial charge in [0.2, 0.25) is 5.91 Å². The molecular weight excluding hydrogens is 212 g/mol. The fourth-order valence-corrected chi connectivity index (χ4v) is 1.86. The molecule has 3 unspecified atom stereocenters. The molecule has 16 heavy (non-hydrogen) atoms. The van der Waals surface area contributed by atoms with Gasteiger partial charge in [0, 0.05) is 19.1 Å². The minimum atomic E-state index is -1.08. The van der Waals surface area contributed by atoms with Crippen LogP contribution in [0.3, 0.4) is 0 Å². The van der Waals surface area contributed by atoms with Gasteiger partial charge in [-0.2, -0.15) is 0 Å². The summed E-state index contributed by atoms with van der Waals surface area (Å²) in [7, 11) is 1.30. The number of carboxylic acids is 1. The van der Waals surface area contributed by atoms with Crippen LogP contribution in [-0.4, -0.2) is 42.8 Å². The molecule has 1 rings (SSSR count). The zero-order valence-electron chi connectivity index (χ0n) is 9.31. The van der Waals surface area contributed by atoms with Crippen molar-refractivity contribution >= 4 is 11.9 Å². The molecule has 0 heterocycles. The molecule has 1 amide bonds. The lowest BCUT2D eigenvalue weighted by molar-refractivity contribution is -0.148. The van der Waals surface area contributed by atoms with Crippen LogP contribution >= 0.6 is 0 Å². The molecule has 0 bridgehead atoms. The number of methoxy groups -OCH3 is 1. The van der Waals surface area contributed by atoms with E-state index in [-0.39, 0.29) is 24.4 Å². The zero-order valence-corrected chi connectivity index (χ0v) is 9.31. The normalized spacial score (nSPS) is 26.4. The van der Waals surface area contributed by atoms with Crippen molar-refractivity contribution in [3.05, 3.63) is 0 Å². The van der Waals surface area contributed by atoms with Crippen LogP contribution in [0.5, 0.6) is 0 Å². The van der Waals surface area contributed by atoms with E-state index < -0.39 is 12.1 Å². The van der Waals surface area contributed by atoms with Gasteiger partial charge in [0.05, 0.1) is 6.54 Å². The maximum atomic E-state index is 11.6. The van der Waals surface area contributed by atoms with Crippen LogP contribution in [0.25, 0.3) is 0 Å². The van der Waals surface area contributed by atoms with Crippen molar-refractivity contribution in [1.82, 2.24) is 5.32 Å². The maximum Gasteiger partial charge on any atom is 0.334 e. The van der Waals surface area contributed by atoms with E-state index in [1.807, 2.05) is 0 Å². The summed E-state index contributed by atoms with van der Waals surface area (Å²) in [5, 5.41) is 11.3. The maximum absolute atomic E-state index is 11.6. The van der Waals surface area contributed by atoms with Crippen LogP contribution in [0.4, 0.5) is 0 Å². The van der Waals surface area contributed by atoms with Gasteiger partial charge in [0.15, 0.2) is 6.10 Å². The van der Waals surface area contributed by atoms with Crippen molar-refractivity contribution < 1.29 is 19.4 Å². The second-order valence-electron chi connectivity index (χ2n) is 4.08. The molecule has 0 aliphatic heterocycles. The van der Waals surface area contributed by atoms with Crippen LogP contribution < -0.4 is 11.1 Å². The molecule has 1 fully saturated rings. The summed E-state index contributed by atoms with van der Waals surface area (Å²) < 4.78 is 4.71. The second-order valence-corrected chi connectivity index (χ2v) is 4.08. The Hall–Kier alpha value is -1.14. The molecule has 0 spiro atoms. The Bertz CT molecular complexity index is 270. The molecule has 92 valence electrons. The first kappa shape index (κ1) is 12.9. The van der Waals surface area contributed by atoms with Crippen LogP contribution in [-0.2, 0) is 14.3 Å². The first-order valence-electron chi connectivity index (χ1n) is 5.33. The number of carboxylic acid groups (broad SMARTS) is 1. The largest absolute Gasteiger partial charge is 0.479 e. The van der Waals surface area contributed by atoms with Crippen molar-refractivity contribution in [1.29, 1.82) is 0 Å². The minimum Gasteiger partial charge on any atom is -0.479 e. The molecule has 1 aliphatic rings. The van der Waals surface area contributed by atoms with Gasteiger partial charge in [0.25, 0.3) is 0 Å². The van der Waals surface area contributed by atoms with Gasteiger partial charge < -0.3 is 20.9 Å². The predicted octanol–water partition coefficient (Wildman–Crippen LogP) is -0.670. The number of nitrogens with two attached hydrogens (primary N) is 1. The van der Waals surface area contributed by atoms with Crippen LogP contribution in [0.15, 0.2) is 0 Å². The van der Waals surface area contributed by atoms with E-state index in [4.69, 9.17) is 15.6 Å². The summed E-state index contributed by atoms with van der Waals surface area (Å²) in [4.78, 5) is 22.2. The fourth-order valence-electron chi connectivity index (χ4n) is 1.86. The first-order valence-corrected chi connectivity index (χ1v) is 5.33. The highest BCUT2D eigenvalue weighted by molar-refractivity contribution is 5.80. The van der Waals surface area contributed by atoms with Crippen molar-refractivity contribution in [3.8, 4) is 0 Å². The average Bonchev–Trinajstić information content (AvgIpc) is 2.65. The Balaban J connectivity index is 2.32. The van der Waals surface area contributed by atoms with Gasteiger partial charge >= 0.3 is 5.97 Å². The standard InChI is InChI=1S/C10H18N2O4/c1-16-8(10(14)15)5-12-9(13)6-2-3-7(11)4-6/h6-8H,2-5,11H2,1H3,(H,12,13)(H,14,15). The van der Waals surface area contributed by atoms with E-state index >= 15 is 0 Å². The summed E-state index contributed by atoms with van der Waals surface area (Å²) in [5.74, 6) is -1.29. The van der Waals surface area contributed by atoms with Crippen LogP contribution in [0.2, 0.25) is 0 Å². The Morgan fingerprint density at radius 2 is 2.25 bits per heavy atom. The van der Waals surface area contributed by atoms with Gasteiger partial charge in [-0.25, -0.2) is 4.79 Å². The fraction of sp³-hybridized carbons (Fsp3) is 0.800. The highest BCUT2D eigenvalue weighted by Gasteiger charge is 2.28. The van der Waals surface area contributed by atoms with Gasteiger partial charge in [-0.1, -0.05) is 0 Å². The van der Waals surface area contributed by atoms with E-state index in [0.717, 1.165) is 12.8 Å². The van der Waals surface area contributed by atoms with Crippen molar-refractivity contribution in [2.24, 2.45) is 11.7 Å². The van der Waals surface area contributed by atoms with Gasteiger partial charge in [-0.05, 0) is 19.3 Å². The van der Waals surface area contributed by atoms with Crippen molar-refractivity contribution in [2.75, 3.05) is 13.7 Å². The molecule has 0 saturated heterocycles. The SMILES string of the molecule is COC(CNC(=O)C1CCC(N)C1)C(=O)O. The summed E-state index contributed by atoms with van der Waals surface area (Å²) in [5.41, 5.74) is 5.69. The van der Waals surface area contributed by atoms with Crippen molar-refractivity contribution in [2.45, 2.75) is 31.4 Å². The van der Waals surface area contributed by atoms with Gasteiger partial charge in [0.1, 0.15) is 0 Å². The number of hydrogen-bond acceptors (Lipinski definition) is 4. The molecule has 0 aromatic carbocycles. The quantitative estimate of drug-likeness (QED) is 0.581. The number of amides is 1. The van der Waals surface area contributed by atoms with Crippen LogP contribution in [0.1, 0.15) is 19.3 Å². The lowest BCUT2D eigenvalue weighted by atomic mass is 10.1. The topological polar surface area (TPSA) is 102 Å². The van der Waals surface area contributed by atoms with E-state index in [9.17, 15) is 9.59 Å². The van der Waals surface area contributed by atoms with Crippen molar-refractivity contribution in [3.63, 3.8) is 0 Å². The average molecular weight is 230 g/mol. The lowest BCUT2D eigenvalue weighted by Crippen LogP contribution is -2.40. The lowest BCUT2D eigenvalue weighted by Gasteiger charge is -2.14. The van der Waals surface area contributed by atoms with Gasteiger partial charge in [-0.15, -0.1) is 0 Å². The number of carbonyl (C=O) groups excluding carboxylic acids is 1. The number of ether oxygens (including phenoxy) is 1. The summed E-state index contributed by atoms with van der Waals surface area (Å²) in [6.45, 7) is -0.00357. The second kappa shape index (κ2) is 5.81. The number of rotatable bonds is 5. The third kappa shape index (κ3) is 3.46. The summed E-state index contributed by atoms with van der Waals surface area (Å²) >= 11 is 0. The molecule has 0 radical (unpaired) electrons.